The molecule has 3 rings (SSSR count). The first-order valence-electron chi connectivity index (χ1n) is 21.6. The van der Waals surface area contributed by atoms with Crippen molar-refractivity contribution in [3.05, 3.63) is 0 Å². The number of hydrogen-bond acceptors (Lipinski definition) is 8. The molecule has 59 heavy (non-hydrogen) atoms. The van der Waals surface area contributed by atoms with Crippen LogP contribution in [0.25, 0.3) is 0 Å². The van der Waals surface area contributed by atoms with Crippen LogP contribution in [0.3, 0.4) is 0 Å². The molecule has 0 aliphatic carbocycles. The second-order valence-corrected chi connectivity index (χ2v) is 16.2. The van der Waals surface area contributed by atoms with Gasteiger partial charge in [0, 0.05) is 77.5 Å². The summed E-state index contributed by atoms with van der Waals surface area (Å²) in [7, 11) is 22.0. The fraction of sp³-hybridized carbons (Fsp3) is 0.884. The number of guanidine groups is 3. The average molecular weight is 864 g/mol. The summed E-state index contributed by atoms with van der Waals surface area (Å²) >= 11 is 2.10. The second-order valence-electron chi connectivity index (χ2n) is 14.9. The van der Waals surface area contributed by atoms with Gasteiger partial charge in [-0.15, -0.1) is 0 Å². The van der Waals surface area contributed by atoms with Crippen LogP contribution in [0.15, 0.2) is 15.0 Å². The Morgan fingerprint density at radius 1 is 0.593 bits per heavy atom. The molecule has 3 heterocycles. The zero-order valence-electron chi connectivity index (χ0n) is 43.2. The summed E-state index contributed by atoms with van der Waals surface area (Å²) in [5, 5.41) is 13.5. The van der Waals surface area contributed by atoms with E-state index in [4.69, 9.17) is 33.8 Å². The third-order valence-corrected chi connectivity index (χ3v) is 9.96. The van der Waals surface area contributed by atoms with Crippen LogP contribution in [0, 0.1) is 28.6 Å². The van der Waals surface area contributed by atoms with Gasteiger partial charge in [-0.2, -0.15) is 11.8 Å². The minimum atomic E-state index is 0.0926. The van der Waals surface area contributed by atoms with Crippen molar-refractivity contribution < 1.29 is 0 Å². The average Bonchev–Trinajstić information content (AvgIpc) is 3.22. The Labute approximate surface area is 372 Å². The Morgan fingerprint density at radius 3 is 1.05 bits per heavy atom. The Hall–Kier alpha value is -2.98. The van der Waals surface area contributed by atoms with Gasteiger partial charge in [-0.05, 0) is 121 Å². The Balaban J connectivity index is -0.000000104. The first-order chi connectivity index (χ1) is 27.4. The number of aliphatic imine (C=N–C) groups is 3. The summed E-state index contributed by atoms with van der Waals surface area (Å²) in [6.07, 6.45) is 8.52. The summed E-state index contributed by atoms with van der Waals surface area (Å²) in [5.41, 5.74) is 19.9. The zero-order chi connectivity index (χ0) is 48.1. The molecule has 0 atom stereocenters. The van der Waals surface area contributed by atoms with Crippen LogP contribution in [-0.2, 0) is 0 Å². The molecular formula is C43H105N15S. The predicted octanol–water partition coefficient (Wildman–Crippen LogP) is 6.25. The van der Waals surface area contributed by atoms with E-state index in [1.54, 1.807) is 44.9 Å². The normalized spacial score (nSPS) is 15.4. The van der Waals surface area contributed by atoms with E-state index in [1.165, 1.54) is 94.7 Å². The lowest BCUT2D eigenvalue weighted by atomic mass is 9.99. The fourth-order valence-electron chi connectivity index (χ4n) is 3.73. The molecule has 3 fully saturated rings. The summed E-state index contributed by atoms with van der Waals surface area (Å²) in [5.74, 6) is 8.21. The molecule has 16 heteroatoms. The molecule has 3 aliphatic heterocycles. The molecule has 0 unspecified atom stereocenters. The highest BCUT2D eigenvalue weighted by atomic mass is 32.2. The molecule has 0 aromatic carbocycles. The van der Waals surface area contributed by atoms with Crippen molar-refractivity contribution in [3.63, 3.8) is 0 Å². The third kappa shape index (κ3) is 64.4. The van der Waals surface area contributed by atoms with E-state index in [1.807, 2.05) is 81.8 Å². The molecule has 0 radical (unpaired) electrons. The minimum Gasteiger partial charge on any atom is -0.370 e. The lowest BCUT2D eigenvalue weighted by Crippen LogP contribution is -2.32. The van der Waals surface area contributed by atoms with E-state index in [2.05, 4.69) is 71.3 Å². The van der Waals surface area contributed by atoms with Gasteiger partial charge in [0.25, 0.3) is 0 Å². The summed E-state index contributed by atoms with van der Waals surface area (Å²) < 4.78 is 0. The van der Waals surface area contributed by atoms with Crippen molar-refractivity contribution in [2.45, 2.75) is 108 Å². The van der Waals surface area contributed by atoms with Gasteiger partial charge in [0.1, 0.15) is 0 Å². The number of nitrogens with two attached hydrogens (primary N) is 4. The predicted molar refractivity (Wildman–Crippen MR) is 273 cm³/mol. The monoisotopic (exact) mass is 864 g/mol. The van der Waals surface area contributed by atoms with Gasteiger partial charge in [-0.25, -0.2) is 0 Å². The van der Waals surface area contributed by atoms with Gasteiger partial charge in [-0.1, -0.05) is 55.4 Å². The molecule has 10 N–H and O–H groups in total. The number of hydrogen-bond donors (Lipinski definition) is 6. The Morgan fingerprint density at radius 2 is 0.915 bits per heavy atom. The lowest BCUT2D eigenvalue weighted by molar-refractivity contribution is 0.201. The maximum Gasteiger partial charge on any atom is 0.190 e. The highest BCUT2D eigenvalue weighted by molar-refractivity contribution is 7.99. The van der Waals surface area contributed by atoms with E-state index in [0.29, 0.717) is 11.8 Å². The van der Waals surface area contributed by atoms with Crippen LogP contribution in [0.1, 0.15) is 108 Å². The number of thioether (sulfide) groups is 1. The van der Waals surface area contributed by atoms with Crippen LogP contribution in [0.4, 0.5) is 0 Å². The highest BCUT2D eigenvalue weighted by Gasteiger charge is 2.13. The van der Waals surface area contributed by atoms with Gasteiger partial charge < -0.3 is 52.3 Å². The molecule has 0 aromatic heterocycles. The Kier molecular flexibility index (Phi) is 61.2. The molecule has 358 valence electrons. The van der Waals surface area contributed by atoms with Crippen LogP contribution in [-0.4, -0.2) is 188 Å². The Bertz CT molecular complexity index is 910. The van der Waals surface area contributed by atoms with E-state index in [-0.39, 0.29) is 11.9 Å². The third-order valence-electron chi connectivity index (χ3n) is 8.91. The number of rotatable bonds is 1. The fourth-order valence-corrected chi connectivity index (χ4v) is 5.07. The lowest BCUT2D eigenvalue weighted by Gasteiger charge is -2.28. The maximum absolute atomic E-state index is 6.88. The van der Waals surface area contributed by atoms with Crippen molar-refractivity contribution >= 4 is 41.3 Å². The smallest absolute Gasteiger partial charge is 0.190 e. The molecule has 0 bridgehead atoms. The second kappa shape index (κ2) is 51.2. The first-order valence-corrected chi connectivity index (χ1v) is 22.8. The van der Waals surface area contributed by atoms with Gasteiger partial charge in [0.15, 0.2) is 17.9 Å². The van der Waals surface area contributed by atoms with Crippen molar-refractivity contribution in [3.8, 4) is 0 Å². The highest BCUT2D eigenvalue weighted by Crippen LogP contribution is 2.21. The van der Waals surface area contributed by atoms with E-state index in [9.17, 15) is 0 Å². The van der Waals surface area contributed by atoms with Crippen LogP contribution in [0.5, 0.6) is 0 Å². The van der Waals surface area contributed by atoms with Crippen LogP contribution < -0.4 is 22.9 Å². The number of likely N-dealkylation sites (tertiary alicyclic amines) is 2. The van der Waals surface area contributed by atoms with Gasteiger partial charge in [-0.3, -0.25) is 25.8 Å². The van der Waals surface area contributed by atoms with E-state index in [0.717, 1.165) is 23.6 Å². The topological polar surface area (TPSA) is 208 Å². The number of amidine groups is 2. The zero-order valence-corrected chi connectivity index (χ0v) is 44.0. The molecular weight excluding hydrogens is 759 g/mol. The first kappa shape index (κ1) is 70.6. The summed E-state index contributed by atoms with van der Waals surface area (Å²) in [4.78, 5) is 22.9. The van der Waals surface area contributed by atoms with Crippen molar-refractivity contribution in [2.75, 3.05) is 129 Å². The molecule has 3 saturated heterocycles. The largest absolute Gasteiger partial charge is 0.370 e. The number of nitrogens with one attached hydrogen (secondary N) is 2. The van der Waals surface area contributed by atoms with E-state index < -0.39 is 0 Å². The molecule has 0 aromatic rings. The molecule has 0 spiro atoms. The van der Waals surface area contributed by atoms with Gasteiger partial charge in [0.2, 0.25) is 0 Å². The maximum atomic E-state index is 6.88. The van der Waals surface area contributed by atoms with Crippen molar-refractivity contribution in [1.82, 2.24) is 29.4 Å². The molecule has 0 saturated carbocycles. The van der Waals surface area contributed by atoms with Crippen molar-refractivity contribution in [1.29, 1.82) is 10.8 Å². The molecule has 3 aliphatic rings. The minimum absolute atomic E-state index is 0.0926. The standard InChI is InChI=1S/C8H17N.C7H15N.C6H12S.C5H12N2.C4H11N3.C4H10N2.C3H9N3.C2H7N3.2C2H6/c1-3-9-6-4-8(2)5-7-9;1-7-3-5-8(2)6-4-7;1-6-2-4-7-5-3-6;1-5(6-2)7(3)4;1-6-4(5)7(2)3;1-4(5)6(2)3;1-6(2)3(4)5;1-5-2(3)4;2*1-2/h8H,3-7H2,1-2H3;7H,3-6H2,1-2H3;6H,2-5H2,1H3;1-4H3;1-3H3,(H2,5,6);5H,1-3H3;1-2H3,(H3,4,5);1H3,(H4,3,4,5);2*1-2H3. The van der Waals surface area contributed by atoms with Gasteiger partial charge >= 0.3 is 0 Å². The summed E-state index contributed by atoms with van der Waals surface area (Å²) in [6.45, 7) is 27.5. The molecule has 15 nitrogen and oxygen atoms in total. The van der Waals surface area contributed by atoms with Crippen molar-refractivity contribution in [2.24, 2.45) is 55.7 Å². The molecule has 0 amide bonds. The van der Waals surface area contributed by atoms with Gasteiger partial charge in [0.05, 0.1) is 11.7 Å². The van der Waals surface area contributed by atoms with Crippen LogP contribution >= 0.6 is 11.8 Å². The quantitative estimate of drug-likeness (QED) is 0.128. The van der Waals surface area contributed by atoms with E-state index >= 15 is 0 Å². The van der Waals surface area contributed by atoms with Crippen LogP contribution in [0.2, 0.25) is 0 Å². The summed E-state index contributed by atoms with van der Waals surface area (Å²) in [6, 6.07) is 0. The number of nitrogens with zero attached hydrogens (tertiary/aromatic N) is 9. The SMILES string of the molecule is CC.CC.CC(=N)N(C)C.CC1CCN(C)CC1.CC1CCSCC1.CCN1CCC(C)CC1.CN(C)C(=N)N.CN=C(C)N(C)C.CN=C(N)N.CN=C(N)N(C)C. The number of piperidine rings is 2.